The highest BCUT2D eigenvalue weighted by Gasteiger charge is 2.11. The van der Waals surface area contributed by atoms with Crippen molar-refractivity contribution in [3.8, 4) is 10.4 Å². The topological polar surface area (TPSA) is 58.2 Å². The van der Waals surface area contributed by atoms with E-state index in [4.69, 9.17) is 0 Å². The molecule has 0 aliphatic carbocycles. The molecule has 0 unspecified atom stereocenters. The molecule has 0 radical (unpaired) electrons. The standard InChI is InChI=1S/C19H15FN2O2S/c1-12(23)21-15-6-8-16(9-7-15)22-19(24)18-11-10-17(25-18)13-2-4-14(20)5-3-13/h2-11H,1H3,(H,21,23)(H,22,24). The molecule has 1 aromatic heterocycles. The van der Waals surface area contributed by atoms with Crippen molar-refractivity contribution in [3.05, 3.63) is 71.4 Å². The fourth-order valence-corrected chi connectivity index (χ4v) is 3.17. The third kappa shape index (κ3) is 4.30. The second-order valence-corrected chi connectivity index (χ2v) is 6.47. The zero-order valence-corrected chi connectivity index (χ0v) is 14.2. The van der Waals surface area contributed by atoms with Crippen LogP contribution in [0, 0.1) is 5.82 Å². The average Bonchev–Trinajstić information content (AvgIpc) is 3.07. The SMILES string of the molecule is CC(=O)Nc1ccc(NC(=O)c2ccc(-c3ccc(F)cc3)s2)cc1. The van der Waals surface area contributed by atoms with Crippen molar-refractivity contribution in [3.63, 3.8) is 0 Å². The fraction of sp³-hybridized carbons (Fsp3) is 0.0526. The van der Waals surface area contributed by atoms with E-state index < -0.39 is 0 Å². The molecule has 25 heavy (non-hydrogen) atoms. The summed E-state index contributed by atoms with van der Waals surface area (Å²) < 4.78 is 13.0. The Morgan fingerprint density at radius 2 is 1.44 bits per heavy atom. The van der Waals surface area contributed by atoms with Crippen LogP contribution in [-0.4, -0.2) is 11.8 Å². The van der Waals surface area contributed by atoms with Gasteiger partial charge in [-0.1, -0.05) is 12.1 Å². The molecule has 0 bridgehead atoms. The summed E-state index contributed by atoms with van der Waals surface area (Å²) in [5.41, 5.74) is 2.17. The molecule has 0 aliphatic rings. The van der Waals surface area contributed by atoms with Gasteiger partial charge in [-0.25, -0.2) is 4.39 Å². The highest BCUT2D eigenvalue weighted by molar-refractivity contribution is 7.17. The highest BCUT2D eigenvalue weighted by atomic mass is 32.1. The van der Waals surface area contributed by atoms with Crippen molar-refractivity contribution in [1.82, 2.24) is 0 Å². The summed E-state index contributed by atoms with van der Waals surface area (Å²) in [7, 11) is 0. The van der Waals surface area contributed by atoms with E-state index in [1.807, 2.05) is 6.07 Å². The molecular formula is C19H15FN2O2S. The second-order valence-electron chi connectivity index (χ2n) is 5.38. The number of nitrogens with one attached hydrogen (secondary N) is 2. The van der Waals surface area contributed by atoms with Crippen LogP contribution < -0.4 is 10.6 Å². The minimum atomic E-state index is -0.291. The van der Waals surface area contributed by atoms with Crippen LogP contribution in [0.5, 0.6) is 0 Å². The summed E-state index contributed by atoms with van der Waals surface area (Å²) in [5, 5.41) is 5.48. The molecule has 6 heteroatoms. The van der Waals surface area contributed by atoms with Crippen LogP contribution in [-0.2, 0) is 4.79 Å². The first-order chi connectivity index (χ1) is 12.0. The van der Waals surface area contributed by atoms with Gasteiger partial charge in [0.1, 0.15) is 5.82 Å². The maximum atomic E-state index is 13.0. The summed E-state index contributed by atoms with van der Waals surface area (Å²) in [6.45, 7) is 1.44. The van der Waals surface area contributed by atoms with E-state index in [1.54, 1.807) is 42.5 Å². The Morgan fingerprint density at radius 3 is 2.04 bits per heavy atom. The van der Waals surface area contributed by atoms with Crippen LogP contribution in [0.15, 0.2) is 60.7 Å². The summed E-state index contributed by atoms with van der Waals surface area (Å²) in [6, 6.07) is 16.6. The first-order valence-corrected chi connectivity index (χ1v) is 8.38. The molecule has 0 atom stereocenters. The van der Waals surface area contributed by atoms with Gasteiger partial charge in [0.2, 0.25) is 5.91 Å². The quantitative estimate of drug-likeness (QED) is 0.709. The Balaban J connectivity index is 1.69. The van der Waals surface area contributed by atoms with Crippen LogP contribution in [0.1, 0.15) is 16.6 Å². The van der Waals surface area contributed by atoms with Crippen molar-refractivity contribution in [2.75, 3.05) is 10.6 Å². The molecule has 1 heterocycles. The van der Waals surface area contributed by atoms with Crippen LogP contribution >= 0.6 is 11.3 Å². The number of thiophene rings is 1. The van der Waals surface area contributed by atoms with Gasteiger partial charge in [-0.15, -0.1) is 11.3 Å². The molecule has 2 aromatic carbocycles. The Kier molecular flexibility index (Phi) is 4.90. The molecule has 4 nitrogen and oxygen atoms in total. The average molecular weight is 354 g/mol. The number of carbonyl (C=O) groups is 2. The van der Waals surface area contributed by atoms with Crippen molar-refractivity contribution >= 4 is 34.5 Å². The van der Waals surface area contributed by atoms with Gasteiger partial charge in [0.25, 0.3) is 5.91 Å². The number of anilines is 2. The van der Waals surface area contributed by atoms with Crippen LogP contribution in [0.4, 0.5) is 15.8 Å². The number of benzene rings is 2. The molecule has 3 rings (SSSR count). The van der Waals surface area contributed by atoms with Gasteiger partial charge in [0, 0.05) is 23.2 Å². The molecule has 0 saturated carbocycles. The molecule has 2 N–H and O–H groups in total. The fourth-order valence-electron chi connectivity index (χ4n) is 2.26. The van der Waals surface area contributed by atoms with E-state index in [9.17, 15) is 14.0 Å². The lowest BCUT2D eigenvalue weighted by Crippen LogP contribution is -2.10. The predicted molar refractivity (Wildman–Crippen MR) is 98.4 cm³/mol. The Morgan fingerprint density at radius 1 is 0.840 bits per heavy atom. The van der Waals surface area contributed by atoms with Gasteiger partial charge in [0.05, 0.1) is 4.88 Å². The number of halogens is 1. The Bertz CT molecular complexity index is 902. The number of amides is 2. The van der Waals surface area contributed by atoms with Gasteiger partial charge in [0.15, 0.2) is 0 Å². The monoisotopic (exact) mass is 354 g/mol. The zero-order chi connectivity index (χ0) is 17.8. The largest absolute Gasteiger partial charge is 0.326 e. The number of carbonyl (C=O) groups excluding carboxylic acids is 2. The lowest BCUT2D eigenvalue weighted by molar-refractivity contribution is -0.114. The first kappa shape index (κ1) is 16.9. The Hall–Kier alpha value is -2.99. The van der Waals surface area contributed by atoms with Gasteiger partial charge < -0.3 is 10.6 Å². The number of rotatable bonds is 4. The van der Waals surface area contributed by atoms with E-state index in [0.717, 1.165) is 10.4 Å². The van der Waals surface area contributed by atoms with Crippen molar-refractivity contribution in [1.29, 1.82) is 0 Å². The van der Waals surface area contributed by atoms with Crippen molar-refractivity contribution in [2.24, 2.45) is 0 Å². The normalized spacial score (nSPS) is 10.3. The molecule has 2 amide bonds. The summed E-state index contributed by atoms with van der Waals surface area (Å²) in [4.78, 5) is 24.8. The maximum Gasteiger partial charge on any atom is 0.265 e. The summed E-state index contributed by atoms with van der Waals surface area (Å²) >= 11 is 1.34. The lowest BCUT2D eigenvalue weighted by Gasteiger charge is -2.06. The van der Waals surface area contributed by atoms with E-state index in [-0.39, 0.29) is 17.6 Å². The molecule has 0 aliphatic heterocycles. The van der Waals surface area contributed by atoms with Gasteiger partial charge in [-0.2, -0.15) is 0 Å². The van der Waals surface area contributed by atoms with Crippen LogP contribution in [0.2, 0.25) is 0 Å². The van der Waals surface area contributed by atoms with Crippen LogP contribution in [0.25, 0.3) is 10.4 Å². The Labute approximate surface area is 148 Å². The van der Waals surface area contributed by atoms with Gasteiger partial charge in [-0.3, -0.25) is 9.59 Å². The second kappa shape index (κ2) is 7.27. The first-order valence-electron chi connectivity index (χ1n) is 7.56. The highest BCUT2D eigenvalue weighted by Crippen LogP contribution is 2.28. The zero-order valence-electron chi connectivity index (χ0n) is 13.4. The third-order valence-corrected chi connectivity index (χ3v) is 4.55. The maximum absolute atomic E-state index is 13.0. The smallest absolute Gasteiger partial charge is 0.265 e. The molecule has 0 saturated heterocycles. The van der Waals surface area contributed by atoms with E-state index in [0.29, 0.717) is 16.3 Å². The molecular weight excluding hydrogens is 339 g/mol. The van der Waals surface area contributed by atoms with Crippen LogP contribution in [0.3, 0.4) is 0 Å². The summed E-state index contributed by atoms with van der Waals surface area (Å²) in [6.07, 6.45) is 0. The number of hydrogen-bond acceptors (Lipinski definition) is 3. The minimum absolute atomic E-state index is 0.149. The molecule has 3 aromatic rings. The number of hydrogen-bond donors (Lipinski definition) is 2. The molecule has 0 spiro atoms. The van der Waals surface area contributed by atoms with Crippen molar-refractivity contribution < 1.29 is 14.0 Å². The summed E-state index contributed by atoms with van der Waals surface area (Å²) in [5.74, 6) is -0.657. The van der Waals surface area contributed by atoms with Gasteiger partial charge in [-0.05, 0) is 54.1 Å². The van der Waals surface area contributed by atoms with E-state index >= 15 is 0 Å². The minimum Gasteiger partial charge on any atom is -0.326 e. The van der Waals surface area contributed by atoms with Crippen molar-refractivity contribution in [2.45, 2.75) is 6.92 Å². The van der Waals surface area contributed by atoms with E-state index in [2.05, 4.69) is 10.6 Å². The predicted octanol–water partition coefficient (Wildman–Crippen LogP) is 4.76. The third-order valence-electron chi connectivity index (χ3n) is 3.42. The molecule has 0 fully saturated rings. The van der Waals surface area contributed by atoms with E-state index in [1.165, 1.54) is 30.4 Å². The van der Waals surface area contributed by atoms with Gasteiger partial charge >= 0.3 is 0 Å². The molecule has 126 valence electrons. The lowest BCUT2D eigenvalue weighted by atomic mass is 10.2.